The molecule has 1 rings (SSSR count). The molecule has 1 aromatic carbocycles. The van der Waals surface area contributed by atoms with Crippen molar-refractivity contribution in [1.82, 2.24) is 4.90 Å². The van der Waals surface area contributed by atoms with Gasteiger partial charge in [-0.2, -0.15) is 0 Å². The van der Waals surface area contributed by atoms with Crippen molar-refractivity contribution in [2.75, 3.05) is 18.4 Å². The monoisotopic (exact) mass is 262 g/mol. The average molecular weight is 262 g/mol. The fraction of sp³-hybridized carbons (Fsp3) is 0.562. The lowest BCUT2D eigenvalue weighted by Gasteiger charge is -2.26. The third kappa shape index (κ3) is 6.27. The minimum Gasteiger partial charge on any atom is -0.325 e. The largest absolute Gasteiger partial charge is 0.325 e. The number of anilines is 1. The van der Waals surface area contributed by atoms with Crippen molar-refractivity contribution in [3.05, 3.63) is 30.3 Å². The zero-order chi connectivity index (χ0) is 14.3. The number of carbonyl (C=O) groups is 1. The zero-order valence-electron chi connectivity index (χ0n) is 12.6. The number of nitrogens with zero attached hydrogens (tertiary/aromatic N) is 1. The van der Waals surface area contributed by atoms with E-state index in [-0.39, 0.29) is 11.4 Å². The molecular weight excluding hydrogens is 236 g/mol. The third-order valence-corrected chi connectivity index (χ3v) is 2.94. The number of amides is 2. The van der Waals surface area contributed by atoms with E-state index < -0.39 is 0 Å². The Morgan fingerprint density at radius 2 is 1.79 bits per heavy atom. The Hall–Kier alpha value is -1.51. The highest BCUT2D eigenvalue weighted by Gasteiger charge is 2.17. The maximum Gasteiger partial charge on any atom is 0.321 e. The lowest BCUT2D eigenvalue weighted by molar-refractivity contribution is 0.201. The molecule has 0 fully saturated rings. The van der Waals surface area contributed by atoms with Crippen LogP contribution < -0.4 is 5.32 Å². The van der Waals surface area contributed by atoms with Crippen LogP contribution in [0, 0.1) is 5.41 Å². The lowest BCUT2D eigenvalue weighted by atomic mass is 9.92. The molecule has 1 N–H and O–H groups in total. The van der Waals surface area contributed by atoms with Gasteiger partial charge in [0.15, 0.2) is 0 Å². The minimum atomic E-state index is -0.00250. The molecule has 0 aliphatic heterocycles. The van der Waals surface area contributed by atoms with Crippen molar-refractivity contribution in [1.29, 1.82) is 0 Å². The van der Waals surface area contributed by atoms with E-state index >= 15 is 0 Å². The fourth-order valence-corrected chi connectivity index (χ4v) is 1.78. The van der Waals surface area contributed by atoms with Crippen LogP contribution in [0.15, 0.2) is 30.3 Å². The van der Waals surface area contributed by atoms with Gasteiger partial charge in [-0.1, -0.05) is 45.9 Å². The lowest BCUT2D eigenvalue weighted by Crippen LogP contribution is -2.37. The molecule has 0 saturated heterocycles. The van der Waals surface area contributed by atoms with Gasteiger partial charge in [-0.25, -0.2) is 4.79 Å². The molecule has 0 aliphatic rings. The minimum absolute atomic E-state index is 0.00250. The van der Waals surface area contributed by atoms with Crippen LogP contribution in [0.3, 0.4) is 0 Å². The van der Waals surface area contributed by atoms with Crippen LogP contribution in [0.5, 0.6) is 0 Å². The highest BCUT2D eigenvalue weighted by atomic mass is 16.2. The molecule has 19 heavy (non-hydrogen) atoms. The van der Waals surface area contributed by atoms with Gasteiger partial charge in [0.2, 0.25) is 0 Å². The maximum absolute atomic E-state index is 12.2. The molecule has 0 bridgehead atoms. The number of carbonyl (C=O) groups excluding carboxylic acids is 1. The van der Waals surface area contributed by atoms with Crippen molar-refractivity contribution in [3.63, 3.8) is 0 Å². The Labute approximate surface area is 117 Å². The number of hydrogen-bond acceptors (Lipinski definition) is 1. The summed E-state index contributed by atoms with van der Waals surface area (Å²) >= 11 is 0. The first kappa shape index (κ1) is 15.5. The molecule has 0 saturated carbocycles. The molecule has 2 amide bonds. The van der Waals surface area contributed by atoms with Gasteiger partial charge in [-0.15, -0.1) is 0 Å². The van der Waals surface area contributed by atoms with Crippen molar-refractivity contribution in [3.8, 4) is 0 Å². The van der Waals surface area contributed by atoms with Gasteiger partial charge in [-0.05, 0) is 30.4 Å². The first-order valence-corrected chi connectivity index (χ1v) is 7.03. The Kier molecular flexibility index (Phi) is 5.87. The second-order valence-electron chi connectivity index (χ2n) is 6.09. The Balaban J connectivity index is 2.57. The number of nitrogens with one attached hydrogen (secondary N) is 1. The molecule has 0 atom stereocenters. The van der Waals surface area contributed by atoms with E-state index in [2.05, 4.69) is 33.0 Å². The van der Waals surface area contributed by atoms with Crippen LogP contribution in [-0.4, -0.2) is 24.0 Å². The van der Waals surface area contributed by atoms with Crippen molar-refractivity contribution < 1.29 is 4.79 Å². The molecule has 0 unspecified atom stereocenters. The standard InChI is InChI=1S/C16H26N2O/c1-5-12-18(13-11-16(2,3)4)15(19)17-14-9-7-6-8-10-14/h6-10H,5,11-13H2,1-4H3,(H,17,19). The van der Waals surface area contributed by atoms with E-state index in [1.807, 2.05) is 35.2 Å². The van der Waals surface area contributed by atoms with Crippen LogP contribution >= 0.6 is 0 Å². The molecule has 0 radical (unpaired) electrons. The smallest absolute Gasteiger partial charge is 0.321 e. The van der Waals surface area contributed by atoms with Gasteiger partial charge in [0.1, 0.15) is 0 Å². The second-order valence-corrected chi connectivity index (χ2v) is 6.09. The molecule has 1 aromatic rings. The predicted octanol–water partition coefficient (Wildman–Crippen LogP) is 4.37. The first-order chi connectivity index (χ1) is 8.92. The maximum atomic E-state index is 12.2. The number of para-hydroxylation sites is 1. The summed E-state index contributed by atoms with van der Waals surface area (Å²) in [4.78, 5) is 14.1. The van der Waals surface area contributed by atoms with Crippen molar-refractivity contribution >= 4 is 11.7 Å². The van der Waals surface area contributed by atoms with E-state index in [9.17, 15) is 4.79 Å². The van der Waals surface area contributed by atoms with Gasteiger partial charge in [-0.3, -0.25) is 0 Å². The first-order valence-electron chi connectivity index (χ1n) is 7.03. The van der Waals surface area contributed by atoms with Gasteiger partial charge in [0.05, 0.1) is 0 Å². The van der Waals surface area contributed by atoms with Gasteiger partial charge in [0, 0.05) is 18.8 Å². The summed E-state index contributed by atoms with van der Waals surface area (Å²) < 4.78 is 0. The number of hydrogen-bond donors (Lipinski definition) is 1. The van der Waals surface area contributed by atoms with Crippen LogP contribution in [0.1, 0.15) is 40.5 Å². The summed E-state index contributed by atoms with van der Waals surface area (Å²) in [7, 11) is 0. The van der Waals surface area contributed by atoms with Gasteiger partial charge < -0.3 is 10.2 Å². The number of urea groups is 1. The van der Waals surface area contributed by atoms with E-state index in [1.54, 1.807) is 0 Å². The fourth-order valence-electron chi connectivity index (χ4n) is 1.78. The van der Waals surface area contributed by atoms with Crippen molar-refractivity contribution in [2.24, 2.45) is 5.41 Å². The van der Waals surface area contributed by atoms with E-state index in [4.69, 9.17) is 0 Å². The summed E-state index contributed by atoms with van der Waals surface area (Å²) in [6, 6.07) is 9.61. The summed E-state index contributed by atoms with van der Waals surface area (Å²) in [6.45, 7) is 10.3. The highest BCUT2D eigenvalue weighted by molar-refractivity contribution is 5.89. The Morgan fingerprint density at radius 1 is 1.16 bits per heavy atom. The molecule has 0 aliphatic carbocycles. The van der Waals surface area contributed by atoms with E-state index in [0.29, 0.717) is 0 Å². The molecule has 106 valence electrons. The normalized spacial score (nSPS) is 11.2. The predicted molar refractivity (Wildman–Crippen MR) is 81.4 cm³/mol. The van der Waals surface area contributed by atoms with Crippen LogP contribution in [0.25, 0.3) is 0 Å². The average Bonchev–Trinajstić information content (AvgIpc) is 2.34. The topological polar surface area (TPSA) is 32.3 Å². The molecule has 0 spiro atoms. The second kappa shape index (κ2) is 7.17. The summed E-state index contributed by atoms with van der Waals surface area (Å²) in [5, 5.41) is 2.95. The Bertz CT molecular complexity index is 381. The molecule has 3 heteroatoms. The quantitative estimate of drug-likeness (QED) is 0.839. The SMILES string of the molecule is CCCN(CCC(C)(C)C)C(=O)Nc1ccccc1. The number of benzene rings is 1. The molecule has 0 aromatic heterocycles. The van der Waals surface area contributed by atoms with Crippen LogP contribution in [0.2, 0.25) is 0 Å². The van der Waals surface area contributed by atoms with Crippen LogP contribution in [-0.2, 0) is 0 Å². The summed E-state index contributed by atoms with van der Waals surface area (Å²) in [5.74, 6) is 0. The number of rotatable bonds is 5. The third-order valence-electron chi connectivity index (χ3n) is 2.94. The van der Waals surface area contributed by atoms with Gasteiger partial charge in [0.25, 0.3) is 0 Å². The van der Waals surface area contributed by atoms with Crippen molar-refractivity contribution in [2.45, 2.75) is 40.5 Å². The Morgan fingerprint density at radius 3 is 2.32 bits per heavy atom. The highest BCUT2D eigenvalue weighted by Crippen LogP contribution is 2.19. The molecular formula is C16H26N2O. The van der Waals surface area contributed by atoms with Gasteiger partial charge >= 0.3 is 6.03 Å². The van der Waals surface area contributed by atoms with E-state index in [0.717, 1.165) is 31.6 Å². The van der Waals surface area contributed by atoms with E-state index in [1.165, 1.54) is 0 Å². The molecule has 3 nitrogen and oxygen atoms in total. The summed E-state index contributed by atoms with van der Waals surface area (Å²) in [6.07, 6.45) is 1.99. The molecule has 0 heterocycles. The van der Waals surface area contributed by atoms with Crippen LogP contribution in [0.4, 0.5) is 10.5 Å². The summed E-state index contributed by atoms with van der Waals surface area (Å²) in [5.41, 5.74) is 1.10. The zero-order valence-corrected chi connectivity index (χ0v) is 12.6.